The van der Waals surface area contributed by atoms with E-state index in [-0.39, 0.29) is 5.75 Å². The van der Waals surface area contributed by atoms with Gasteiger partial charge in [-0.1, -0.05) is 30.4 Å². The largest absolute Gasteiger partial charge is 0.504 e. The normalized spacial score (nSPS) is 12.3. The van der Waals surface area contributed by atoms with E-state index in [1.165, 1.54) is 7.11 Å². The molecule has 0 heterocycles. The van der Waals surface area contributed by atoms with Gasteiger partial charge in [0.05, 0.1) is 7.11 Å². The molecule has 0 aromatic heterocycles. The lowest BCUT2D eigenvalue weighted by atomic mass is 10.0. The van der Waals surface area contributed by atoms with Crippen molar-refractivity contribution in [3.63, 3.8) is 0 Å². The first-order chi connectivity index (χ1) is 11.9. The van der Waals surface area contributed by atoms with Gasteiger partial charge in [0.1, 0.15) is 5.76 Å². The lowest BCUT2D eigenvalue weighted by molar-refractivity contribution is -0.134. The first-order valence-electron chi connectivity index (χ1n) is 8.11. The number of phenolic OH excluding ortho intramolecular Hbond substituents is 1. The summed E-state index contributed by atoms with van der Waals surface area (Å²) >= 11 is 0. The molecule has 0 spiro atoms. The maximum absolute atomic E-state index is 11.7. The van der Waals surface area contributed by atoms with Crippen molar-refractivity contribution in [3.05, 3.63) is 71.6 Å². The summed E-state index contributed by atoms with van der Waals surface area (Å²) in [5, 5.41) is 9.64. The van der Waals surface area contributed by atoms with E-state index in [0.717, 1.165) is 24.0 Å². The predicted molar refractivity (Wildman–Crippen MR) is 101 cm³/mol. The topological polar surface area (TPSA) is 55.8 Å². The smallest absolute Gasteiger partial charge is 0.338 e. The number of carbonyl (C=O) groups is 1. The van der Waals surface area contributed by atoms with E-state index in [1.54, 1.807) is 19.1 Å². The average Bonchev–Trinajstić information content (AvgIpc) is 2.58. The second-order valence-electron chi connectivity index (χ2n) is 5.76. The number of hydrogen-bond acceptors (Lipinski definition) is 4. The van der Waals surface area contributed by atoms with Crippen LogP contribution in [0.5, 0.6) is 11.5 Å². The van der Waals surface area contributed by atoms with Crippen LogP contribution in [0.2, 0.25) is 0 Å². The Morgan fingerprint density at radius 3 is 2.64 bits per heavy atom. The van der Waals surface area contributed by atoms with Crippen LogP contribution in [-0.4, -0.2) is 18.2 Å². The molecule has 1 aromatic rings. The van der Waals surface area contributed by atoms with Crippen LogP contribution in [0.4, 0.5) is 0 Å². The maximum atomic E-state index is 11.7. The van der Waals surface area contributed by atoms with E-state index in [9.17, 15) is 9.90 Å². The lowest BCUT2D eigenvalue weighted by Gasteiger charge is -2.08. The first kappa shape index (κ1) is 20.3. The molecule has 25 heavy (non-hydrogen) atoms. The maximum Gasteiger partial charge on any atom is 0.338 e. The van der Waals surface area contributed by atoms with Gasteiger partial charge in [0.2, 0.25) is 0 Å². The summed E-state index contributed by atoms with van der Waals surface area (Å²) in [6.45, 7) is 9.08. The zero-order chi connectivity index (χ0) is 18.8. The molecule has 0 saturated carbocycles. The quantitative estimate of drug-likeness (QED) is 0.317. The van der Waals surface area contributed by atoms with E-state index in [0.29, 0.717) is 17.1 Å². The van der Waals surface area contributed by atoms with Gasteiger partial charge >= 0.3 is 5.97 Å². The summed E-state index contributed by atoms with van der Waals surface area (Å²) in [5.41, 5.74) is 2.48. The van der Waals surface area contributed by atoms with Crippen molar-refractivity contribution in [3.8, 4) is 11.5 Å². The van der Waals surface area contributed by atoms with Gasteiger partial charge in [-0.25, -0.2) is 4.79 Å². The summed E-state index contributed by atoms with van der Waals surface area (Å²) in [6.07, 6.45) is 8.83. The van der Waals surface area contributed by atoms with Crippen LogP contribution in [0.1, 0.15) is 32.8 Å². The van der Waals surface area contributed by atoms with Gasteiger partial charge in [0, 0.05) is 5.57 Å². The second-order valence-corrected chi connectivity index (χ2v) is 5.76. The van der Waals surface area contributed by atoms with Crippen LogP contribution in [0.25, 0.3) is 0 Å². The van der Waals surface area contributed by atoms with Crippen molar-refractivity contribution in [1.82, 2.24) is 0 Å². The molecular formula is C21H26O4. The van der Waals surface area contributed by atoms with Gasteiger partial charge in [-0.3, -0.25) is 0 Å². The molecule has 0 radical (unpaired) electrons. The first-order valence-corrected chi connectivity index (χ1v) is 8.11. The van der Waals surface area contributed by atoms with Crippen molar-refractivity contribution >= 4 is 5.97 Å². The number of phenols is 1. The number of hydrogen-bond donors (Lipinski definition) is 1. The van der Waals surface area contributed by atoms with Crippen LogP contribution in [0, 0.1) is 0 Å². The van der Waals surface area contributed by atoms with Crippen molar-refractivity contribution in [2.45, 2.75) is 33.6 Å². The molecule has 0 aliphatic carbocycles. The number of aromatic hydroxyl groups is 1. The molecule has 0 fully saturated rings. The Morgan fingerprint density at radius 1 is 1.32 bits per heavy atom. The highest BCUT2D eigenvalue weighted by atomic mass is 16.5. The third kappa shape index (κ3) is 7.12. The van der Waals surface area contributed by atoms with Gasteiger partial charge < -0.3 is 14.6 Å². The lowest BCUT2D eigenvalue weighted by Crippen LogP contribution is -2.04. The number of allylic oxidation sites excluding steroid dienone is 5. The fourth-order valence-corrected chi connectivity index (χ4v) is 2.03. The highest BCUT2D eigenvalue weighted by molar-refractivity contribution is 5.87. The van der Waals surface area contributed by atoms with Crippen LogP contribution < -0.4 is 4.74 Å². The SMILES string of the molecule is C=C(C)C(=O)OC(/C=C(/C)CCc1ccc(O)c(OC)c1)=C/C=C\C. The van der Waals surface area contributed by atoms with Gasteiger partial charge in [0.15, 0.2) is 11.5 Å². The number of carbonyl (C=O) groups excluding carboxylic acids is 1. The van der Waals surface area contributed by atoms with Gasteiger partial charge in [0.25, 0.3) is 0 Å². The average molecular weight is 342 g/mol. The van der Waals surface area contributed by atoms with Crippen LogP contribution in [0.3, 0.4) is 0 Å². The van der Waals surface area contributed by atoms with Crippen LogP contribution in [-0.2, 0) is 16.0 Å². The van der Waals surface area contributed by atoms with Crippen molar-refractivity contribution in [1.29, 1.82) is 0 Å². The summed E-state index contributed by atoms with van der Waals surface area (Å²) in [4.78, 5) is 11.7. The molecule has 0 bridgehead atoms. The zero-order valence-corrected chi connectivity index (χ0v) is 15.3. The number of methoxy groups -OCH3 is 1. The fourth-order valence-electron chi connectivity index (χ4n) is 2.03. The minimum Gasteiger partial charge on any atom is -0.504 e. The molecule has 1 N–H and O–H groups in total. The molecule has 0 saturated heterocycles. The van der Waals surface area contributed by atoms with E-state index < -0.39 is 5.97 Å². The molecule has 0 aliphatic rings. The summed E-state index contributed by atoms with van der Waals surface area (Å²) in [6, 6.07) is 5.31. The predicted octanol–water partition coefficient (Wildman–Crippen LogP) is 4.86. The monoisotopic (exact) mass is 342 g/mol. The summed E-state index contributed by atoms with van der Waals surface area (Å²) in [5.74, 6) is 0.625. The minimum absolute atomic E-state index is 0.127. The Bertz CT molecular complexity index is 709. The van der Waals surface area contributed by atoms with Crippen molar-refractivity contribution in [2.24, 2.45) is 0 Å². The second kappa shape index (κ2) is 10.2. The van der Waals surface area contributed by atoms with E-state index in [1.807, 2.05) is 44.2 Å². The molecular weight excluding hydrogens is 316 g/mol. The molecule has 0 amide bonds. The Balaban J connectivity index is 2.82. The Kier molecular flexibility index (Phi) is 8.27. The molecule has 134 valence electrons. The highest BCUT2D eigenvalue weighted by Gasteiger charge is 2.07. The molecule has 4 nitrogen and oxygen atoms in total. The number of benzene rings is 1. The molecule has 0 aliphatic heterocycles. The zero-order valence-electron chi connectivity index (χ0n) is 15.3. The molecule has 1 rings (SSSR count). The molecule has 0 unspecified atom stereocenters. The third-order valence-corrected chi connectivity index (χ3v) is 3.45. The Morgan fingerprint density at radius 2 is 2.04 bits per heavy atom. The minimum atomic E-state index is -0.442. The van der Waals surface area contributed by atoms with E-state index >= 15 is 0 Å². The van der Waals surface area contributed by atoms with E-state index in [2.05, 4.69) is 6.58 Å². The molecule has 1 aromatic carbocycles. The Labute approximate surface area is 149 Å². The third-order valence-electron chi connectivity index (χ3n) is 3.45. The number of esters is 1. The van der Waals surface area contributed by atoms with Crippen LogP contribution in [0.15, 0.2) is 66.0 Å². The molecule has 4 heteroatoms. The van der Waals surface area contributed by atoms with Gasteiger partial charge in [-0.15, -0.1) is 0 Å². The Hall–Kier alpha value is -2.75. The highest BCUT2D eigenvalue weighted by Crippen LogP contribution is 2.27. The van der Waals surface area contributed by atoms with Crippen LogP contribution >= 0.6 is 0 Å². The number of rotatable bonds is 8. The number of ether oxygens (including phenoxy) is 2. The van der Waals surface area contributed by atoms with E-state index in [4.69, 9.17) is 9.47 Å². The van der Waals surface area contributed by atoms with Gasteiger partial charge in [-0.05, 0) is 63.5 Å². The van der Waals surface area contributed by atoms with Gasteiger partial charge in [-0.2, -0.15) is 0 Å². The summed E-state index contributed by atoms with van der Waals surface area (Å²) < 4.78 is 10.5. The van der Waals surface area contributed by atoms with Crippen molar-refractivity contribution < 1.29 is 19.4 Å². The van der Waals surface area contributed by atoms with Crippen molar-refractivity contribution in [2.75, 3.05) is 7.11 Å². The molecule has 0 atom stereocenters. The fraction of sp³-hybridized carbons (Fsp3) is 0.286. The standard InChI is InChI=1S/C21H26O4/c1-6-7-8-18(25-21(23)15(2)3)13-16(4)9-10-17-11-12-19(22)20(14-17)24-5/h6-8,11-14,22H,2,9-10H2,1,3-5H3/b7-6-,16-13-,18-8+. The number of aryl methyl sites for hydroxylation is 1. The summed E-state index contributed by atoms with van der Waals surface area (Å²) in [7, 11) is 1.53.